The predicted octanol–water partition coefficient (Wildman–Crippen LogP) is 7.43. The summed E-state index contributed by atoms with van der Waals surface area (Å²) in [6, 6.07) is 8.98. The van der Waals surface area contributed by atoms with Gasteiger partial charge in [-0.05, 0) is 48.0 Å². The van der Waals surface area contributed by atoms with Crippen LogP contribution in [0.2, 0.25) is 5.02 Å². The van der Waals surface area contributed by atoms with Gasteiger partial charge in [0.1, 0.15) is 28.1 Å². The molecule has 16 heteroatoms. The molecule has 0 aliphatic heterocycles. The maximum Gasteiger partial charge on any atom is 0.419 e. The molecule has 0 aromatic heterocycles. The molecule has 1 aliphatic rings. The van der Waals surface area contributed by atoms with Crippen LogP contribution in [0.4, 0.5) is 43.4 Å². The maximum absolute atomic E-state index is 15.1. The van der Waals surface area contributed by atoms with Gasteiger partial charge >= 0.3 is 6.18 Å². The van der Waals surface area contributed by atoms with Gasteiger partial charge in [0.25, 0.3) is 5.91 Å². The Kier molecular flexibility index (Phi) is 9.11. The number of amides is 3. The molecule has 1 fully saturated rings. The van der Waals surface area contributed by atoms with Crippen molar-refractivity contribution in [1.82, 2.24) is 0 Å². The molecule has 7 nitrogen and oxygen atoms in total. The Morgan fingerprint density at radius 3 is 2.30 bits per heavy atom. The third-order valence-corrected chi connectivity index (χ3v) is 7.99. The van der Waals surface area contributed by atoms with Crippen LogP contribution in [-0.4, -0.2) is 29.1 Å². The van der Waals surface area contributed by atoms with Gasteiger partial charge in [-0.3, -0.25) is 14.4 Å². The first-order valence-electron chi connectivity index (χ1n) is 12.3. The second-order valence-electron chi connectivity index (χ2n) is 9.55. The van der Waals surface area contributed by atoms with Crippen molar-refractivity contribution in [3.8, 4) is 6.07 Å². The van der Waals surface area contributed by atoms with Crippen molar-refractivity contribution >= 4 is 69.6 Å². The van der Waals surface area contributed by atoms with Crippen molar-refractivity contribution in [3.05, 3.63) is 87.7 Å². The minimum absolute atomic E-state index is 0.0310. The molecule has 2 atom stereocenters. The monoisotopic (exact) mass is 676 g/mol. The molecule has 0 bridgehead atoms. The van der Waals surface area contributed by atoms with Crippen molar-refractivity contribution in [2.45, 2.75) is 22.8 Å². The molecule has 0 heterocycles. The lowest BCUT2D eigenvalue weighted by molar-refractivity contribution is -0.140. The van der Waals surface area contributed by atoms with Gasteiger partial charge in [-0.2, -0.15) is 18.4 Å². The van der Waals surface area contributed by atoms with E-state index in [0.717, 1.165) is 31.3 Å². The highest BCUT2D eigenvalue weighted by Crippen LogP contribution is 2.65. The quantitative estimate of drug-likeness (QED) is 0.201. The Hall–Kier alpha value is -3.99. The van der Waals surface area contributed by atoms with E-state index < -0.39 is 80.9 Å². The molecule has 0 unspecified atom stereocenters. The summed E-state index contributed by atoms with van der Waals surface area (Å²) in [7, 11) is 1.04. The Morgan fingerprint density at radius 1 is 1.00 bits per heavy atom. The number of nitrogens with zero attached hydrogens (tertiary/aromatic N) is 2. The number of anilines is 3. The maximum atomic E-state index is 15.1. The first-order chi connectivity index (χ1) is 20.5. The van der Waals surface area contributed by atoms with Crippen LogP contribution in [0.1, 0.15) is 33.8 Å². The van der Waals surface area contributed by atoms with Crippen molar-refractivity contribution in [2.75, 3.05) is 22.6 Å². The van der Waals surface area contributed by atoms with E-state index in [1.54, 1.807) is 6.07 Å². The standard InChI is InChI=1S/C28H17Cl3F6N4O3/c1-41(20(42)8-9-38)24-18(33)6-7-19(23(24)34)40-25(43)14-11-13(3-4-16(14)29)39-26(44)22-21(27(22,30)31)12-2-5-17(32)15(10-12)28(35,36)37/h2-7,10-11,21-22H,8H2,1H3,(H,39,44)(H,40,43)/t21-,22+/m0/s1. The van der Waals surface area contributed by atoms with Crippen LogP contribution in [0.15, 0.2) is 48.5 Å². The number of halogens is 9. The van der Waals surface area contributed by atoms with Crippen LogP contribution in [0.25, 0.3) is 0 Å². The zero-order chi connectivity index (χ0) is 32.7. The Morgan fingerprint density at radius 2 is 1.66 bits per heavy atom. The first kappa shape index (κ1) is 32.9. The number of carbonyl (C=O) groups excluding carboxylic acids is 3. The number of benzene rings is 3. The second kappa shape index (κ2) is 12.2. The number of carbonyl (C=O) groups is 3. The Balaban J connectivity index is 1.54. The smallest absolute Gasteiger partial charge is 0.326 e. The third-order valence-electron chi connectivity index (χ3n) is 6.72. The average molecular weight is 678 g/mol. The molecule has 1 saturated carbocycles. The van der Waals surface area contributed by atoms with E-state index >= 15 is 4.39 Å². The second-order valence-corrected chi connectivity index (χ2v) is 11.4. The first-order valence-corrected chi connectivity index (χ1v) is 13.4. The molecule has 1 aliphatic carbocycles. The SMILES string of the molecule is CN(C(=O)CC#N)c1c(F)ccc(NC(=O)c2cc(NC(=O)[C@H]3[C@H](c4ccc(F)c(C(F)(F)F)c4)C3(Cl)Cl)ccc2Cl)c1F. The van der Waals surface area contributed by atoms with Crippen LogP contribution < -0.4 is 15.5 Å². The highest BCUT2D eigenvalue weighted by molar-refractivity contribution is 6.53. The Bertz CT molecular complexity index is 1730. The summed E-state index contributed by atoms with van der Waals surface area (Å²) in [6.07, 6.45) is -5.66. The lowest BCUT2D eigenvalue weighted by Gasteiger charge is -2.19. The van der Waals surface area contributed by atoms with Gasteiger partial charge < -0.3 is 15.5 Å². The number of nitrogens with one attached hydrogen (secondary N) is 2. The van der Waals surface area contributed by atoms with Crippen molar-refractivity contribution in [3.63, 3.8) is 0 Å². The molecule has 0 radical (unpaired) electrons. The van der Waals surface area contributed by atoms with Gasteiger partial charge in [0, 0.05) is 18.7 Å². The number of alkyl halides is 5. The summed E-state index contributed by atoms with van der Waals surface area (Å²) in [6.45, 7) is 0. The van der Waals surface area contributed by atoms with E-state index in [0.29, 0.717) is 17.0 Å². The molecule has 3 amide bonds. The number of hydrogen-bond acceptors (Lipinski definition) is 4. The summed E-state index contributed by atoms with van der Waals surface area (Å²) < 4.78 is 81.0. The molecule has 2 N–H and O–H groups in total. The van der Waals surface area contributed by atoms with Crippen molar-refractivity contribution in [2.24, 2.45) is 5.92 Å². The van der Waals surface area contributed by atoms with Crippen LogP contribution in [0, 0.1) is 34.7 Å². The lowest BCUT2D eigenvalue weighted by atomic mass is 10.0. The summed E-state index contributed by atoms with van der Waals surface area (Å²) in [5.74, 6) is -9.12. The highest BCUT2D eigenvalue weighted by atomic mass is 35.5. The average Bonchev–Trinajstić information content (AvgIpc) is 3.52. The zero-order valence-corrected chi connectivity index (χ0v) is 24.3. The fourth-order valence-corrected chi connectivity index (χ4v) is 5.50. The number of nitriles is 1. The van der Waals surface area contributed by atoms with Gasteiger partial charge in [0.05, 0.1) is 33.8 Å². The molecule has 3 aromatic rings. The van der Waals surface area contributed by atoms with Crippen LogP contribution in [0.5, 0.6) is 0 Å². The molecule has 230 valence electrons. The summed E-state index contributed by atoms with van der Waals surface area (Å²) in [4.78, 5) is 38.6. The number of rotatable bonds is 7. The fourth-order valence-electron chi connectivity index (χ4n) is 4.46. The van der Waals surface area contributed by atoms with Gasteiger partial charge in [-0.25, -0.2) is 13.2 Å². The van der Waals surface area contributed by atoms with E-state index in [1.165, 1.54) is 12.1 Å². The van der Waals surface area contributed by atoms with E-state index in [9.17, 15) is 36.3 Å². The van der Waals surface area contributed by atoms with Crippen molar-refractivity contribution < 1.29 is 40.7 Å². The van der Waals surface area contributed by atoms with Crippen LogP contribution >= 0.6 is 34.8 Å². The largest absolute Gasteiger partial charge is 0.419 e. The predicted molar refractivity (Wildman–Crippen MR) is 150 cm³/mol. The van der Waals surface area contributed by atoms with Crippen molar-refractivity contribution in [1.29, 1.82) is 5.26 Å². The molecular weight excluding hydrogens is 661 g/mol. The minimum Gasteiger partial charge on any atom is -0.326 e. The Labute approximate surface area is 260 Å². The lowest BCUT2D eigenvalue weighted by Crippen LogP contribution is -2.28. The summed E-state index contributed by atoms with van der Waals surface area (Å²) in [5, 5.41) is 13.2. The normalized spacial score (nSPS) is 16.9. The fraction of sp³-hybridized carbons (Fsp3) is 0.214. The van der Waals surface area contributed by atoms with E-state index in [4.69, 9.17) is 40.1 Å². The molecule has 44 heavy (non-hydrogen) atoms. The summed E-state index contributed by atoms with van der Waals surface area (Å²) in [5.41, 5.74) is -3.35. The van der Waals surface area contributed by atoms with E-state index in [1.807, 2.05) is 0 Å². The molecule has 3 aromatic carbocycles. The van der Waals surface area contributed by atoms with E-state index in [-0.39, 0.29) is 21.8 Å². The number of hydrogen-bond donors (Lipinski definition) is 2. The van der Waals surface area contributed by atoms with Gasteiger partial charge in [-0.15, -0.1) is 23.2 Å². The zero-order valence-electron chi connectivity index (χ0n) is 22.0. The highest BCUT2D eigenvalue weighted by Gasteiger charge is 2.67. The van der Waals surface area contributed by atoms with Gasteiger partial charge in [-0.1, -0.05) is 17.7 Å². The van der Waals surface area contributed by atoms with Gasteiger partial charge in [0.15, 0.2) is 5.82 Å². The molecular formula is C28H17Cl3F6N4O3. The molecule has 0 spiro atoms. The van der Waals surface area contributed by atoms with Gasteiger partial charge in [0.2, 0.25) is 11.8 Å². The summed E-state index contributed by atoms with van der Waals surface area (Å²) >= 11 is 18.6. The van der Waals surface area contributed by atoms with Crippen LogP contribution in [0.3, 0.4) is 0 Å². The van der Waals surface area contributed by atoms with Crippen LogP contribution in [-0.2, 0) is 15.8 Å². The molecule has 0 saturated heterocycles. The molecule has 4 rings (SSSR count). The third kappa shape index (κ3) is 6.43. The van der Waals surface area contributed by atoms with E-state index in [2.05, 4.69) is 10.6 Å². The minimum atomic E-state index is -5.00. The topological polar surface area (TPSA) is 102 Å².